The number of carbonyl (C=O) groups is 2. The van der Waals surface area contributed by atoms with Crippen LogP contribution in [0.1, 0.15) is 25.8 Å². The van der Waals surface area contributed by atoms with Crippen LogP contribution in [-0.2, 0) is 11.3 Å². The Balaban J connectivity index is 1.72. The smallest absolute Gasteiger partial charge is 0.315 e. The largest absolute Gasteiger partial charge is 0.337 e. The van der Waals surface area contributed by atoms with Crippen LogP contribution in [-0.4, -0.2) is 60.5 Å². The zero-order chi connectivity index (χ0) is 17.4. The average Bonchev–Trinajstić information content (AvgIpc) is 2.91. The lowest BCUT2D eigenvalue weighted by Gasteiger charge is -2.19. The topological polar surface area (TPSA) is 64.7 Å². The number of likely N-dealkylation sites (tertiary alicyclic amines) is 1. The Hall–Kier alpha value is -2.08. The van der Waals surface area contributed by atoms with Crippen molar-refractivity contribution in [3.05, 3.63) is 35.9 Å². The first-order chi connectivity index (χ1) is 11.6. The normalized spacial score (nSPS) is 17.4. The highest BCUT2D eigenvalue weighted by molar-refractivity contribution is 5.81. The third-order valence-corrected chi connectivity index (χ3v) is 4.37. The molecule has 0 spiro atoms. The van der Waals surface area contributed by atoms with Gasteiger partial charge in [0.1, 0.15) is 0 Å². The summed E-state index contributed by atoms with van der Waals surface area (Å²) in [5, 5.41) is 5.77. The van der Waals surface area contributed by atoms with Crippen molar-refractivity contribution in [2.45, 2.75) is 32.9 Å². The van der Waals surface area contributed by atoms with E-state index in [0.717, 1.165) is 25.2 Å². The molecule has 2 N–H and O–H groups in total. The maximum Gasteiger partial charge on any atom is 0.315 e. The summed E-state index contributed by atoms with van der Waals surface area (Å²) in [5.74, 6) is 0.0901. The number of hydrogen-bond acceptors (Lipinski definition) is 3. The Morgan fingerprint density at radius 1 is 1.25 bits per heavy atom. The van der Waals surface area contributed by atoms with Gasteiger partial charge in [0.25, 0.3) is 0 Å². The molecule has 1 atom stereocenters. The monoisotopic (exact) mass is 332 g/mol. The van der Waals surface area contributed by atoms with Gasteiger partial charge < -0.3 is 20.4 Å². The predicted molar refractivity (Wildman–Crippen MR) is 94.6 cm³/mol. The molecule has 6 heteroatoms. The second kappa shape index (κ2) is 9.27. The van der Waals surface area contributed by atoms with Crippen LogP contribution in [0.4, 0.5) is 4.79 Å². The van der Waals surface area contributed by atoms with Crippen molar-refractivity contribution in [1.82, 2.24) is 20.4 Å². The fourth-order valence-electron chi connectivity index (χ4n) is 2.93. The molecule has 0 bridgehead atoms. The minimum atomic E-state index is -0.193. The highest BCUT2D eigenvalue weighted by Gasteiger charge is 2.30. The first-order valence-electron chi connectivity index (χ1n) is 8.70. The van der Waals surface area contributed by atoms with Crippen LogP contribution in [0.5, 0.6) is 0 Å². The maximum atomic E-state index is 12.1. The average molecular weight is 332 g/mol. The number of rotatable bonds is 8. The SMILES string of the molecule is CCN(CC)CCNC(=O)NC1CC(=O)N(Cc2ccccc2)C1. The third-order valence-electron chi connectivity index (χ3n) is 4.37. The first kappa shape index (κ1) is 18.3. The maximum absolute atomic E-state index is 12.1. The van der Waals surface area contributed by atoms with Gasteiger partial charge in [-0.2, -0.15) is 0 Å². The molecular weight excluding hydrogens is 304 g/mol. The molecule has 1 unspecified atom stereocenters. The Labute approximate surface area is 144 Å². The molecule has 0 aliphatic carbocycles. The summed E-state index contributed by atoms with van der Waals surface area (Å²) in [4.78, 5) is 28.1. The number of hydrogen-bond donors (Lipinski definition) is 2. The minimum absolute atomic E-state index is 0.0901. The third kappa shape index (κ3) is 5.53. The molecule has 2 rings (SSSR count). The molecule has 1 saturated heterocycles. The Morgan fingerprint density at radius 2 is 1.96 bits per heavy atom. The summed E-state index contributed by atoms with van der Waals surface area (Å²) in [7, 11) is 0. The van der Waals surface area contributed by atoms with Gasteiger partial charge in [-0.25, -0.2) is 4.79 Å². The Morgan fingerprint density at radius 3 is 2.62 bits per heavy atom. The van der Waals surface area contributed by atoms with Crippen molar-refractivity contribution < 1.29 is 9.59 Å². The van der Waals surface area contributed by atoms with Gasteiger partial charge in [0, 0.05) is 32.6 Å². The number of carbonyl (C=O) groups excluding carboxylic acids is 2. The zero-order valence-corrected chi connectivity index (χ0v) is 14.6. The van der Waals surface area contributed by atoms with E-state index in [9.17, 15) is 9.59 Å². The van der Waals surface area contributed by atoms with Gasteiger partial charge in [-0.3, -0.25) is 4.79 Å². The van der Waals surface area contributed by atoms with Crippen LogP contribution in [0.2, 0.25) is 0 Å². The van der Waals surface area contributed by atoms with Gasteiger partial charge in [-0.1, -0.05) is 44.2 Å². The second-order valence-electron chi connectivity index (χ2n) is 6.09. The lowest BCUT2D eigenvalue weighted by atomic mass is 10.2. The van der Waals surface area contributed by atoms with Crippen molar-refractivity contribution in [3.63, 3.8) is 0 Å². The van der Waals surface area contributed by atoms with Crippen LogP contribution >= 0.6 is 0 Å². The number of urea groups is 1. The number of nitrogens with zero attached hydrogens (tertiary/aromatic N) is 2. The van der Waals surface area contributed by atoms with Gasteiger partial charge >= 0.3 is 6.03 Å². The predicted octanol–water partition coefficient (Wildman–Crippen LogP) is 1.43. The van der Waals surface area contributed by atoms with Crippen LogP contribution < -0.4 is 10.6 Å². The summed E-state index contributed by atoms with van der Waals surface area (Å²) < 4.78 is 0. The molecule has 6 nitrogen and oxygen atoms in total. The van der Waals surface area contributed by atoms with Crippen molar-refractivity contribution >= 4 is 11.9 Å². The van der Waals surface area contributed by atoms with Crippen molar-refractivity contribution in [2.75, 3.05) is 32.7 Å². The minimum Gasteiger partial charge on any atom is -0.337 e. The molecule has 1 heterocycles. The fraction of sp³-hybridized carbons (Fsp3) is 0.556. The quantitative estimate of drug-likeness (QED) is 0.757. The summed E-state index contributed by atoms with van der Waals surface area (Å²) in [5.41, 5.74) is 1.11. The van der Waals surface area contributed by atoms with E-state index < -0.39 is 0 Å². The van der Waals surface area contributed by atoms with Gasteiger partial charge in [-0.15, -0.1) is 0 Å². The molecule has 1 aromatic carbocycles. The first-order valence-corrected chi connectivity index (χ1v) is 8.70. The zero-order valence-electron chi connectivity index (χ0n) is 14.6. The number of nitrogens with one attached hydrogen (secondary N) is 2. The summed E-state index contributed by atoms with van der Waals surface area (Å²) in [6.45, 7) is 8.78. The molecule has 1 aromatic rings. The van der Waals surface area contributed by atoms with Crippen LogP contribution in [0, 0.1) is 0 Å². The van der Waals surface area contributed by atoms with Crippen molar-refractivity contribution in [1.29, 1.82) is 0 Å². The van der Waals surface area contributed by atoms with Crippen molar-refractivity contribution in [2.24, 2.45) is 0 Å². The van der Waals surface area contributed by atoms with Gasteiger partial charge in [0.15, 0.2) is 0 Å². The molecule has 24 heavy (non-hydrogen) atoms. The molecule has 3 amide bonds. The molecule has 1 aliphatic heterocycles. The Kier molecular flexibility index (Phi) is 7.06. The van der Waals surface area contributed by atoms with Crippen LogP contribution in [0.3, 0.4) is 0 Å². The van der Waals surface area contributed by atoms with Gasteiger partial charge in [-0.05, 0) is 18.7 Å². The molecule has 1 fully saturated rings. The van der Waals surface area contributed by atoms with Crippen molar-refractivity contribution in [3.8, 4) is 0 Å². The van der Waals surface area contributed by atoms with Crippen LogP contribution in [0.15, 0.2) is 30.3 Å². The molecular formula is C18H28N4O2. The lowest BCUT2D eigenvalue weighted by molar-refractivity contribution is -0.128. The van der Waals surface area contributed by atoms with E-state index in [-0.39, 0.29) is 18.0 Å². The lowest BCUT2D eigenvalue weighted by Crippen LogP contribution is -2.45. The van der Waals surface area contributed by atoms with Gasteiger partial charge in [0.05, 0.1) is 6.04 Å². The van der Waals surface area contributed by atoms with Crippen LogP contribution in [0.25, 0.3) is 0 Å². The summed E-state index contributed by atoms with van der Waals surface area (Å²) in [6, 6.07) is 9.60. The molecule has 1 aliphatic rings. The van der Waals surface area contributed by atoms with E-state index in [1.807, 2.05) is 30.3 Å². The van der Waals surface area contributed by atoms with E-state index in [4.69, 9.17) is 0 Å². The highest BCUT2D eigenvalue weighted by atomic mass is 16.2. The van der Waals surface area contributed by atoms with E-state index in [0.29, 0.717) is 26.1 Å². The fourth-order valence-corrected chi connectivity index (χ4v) is 2.93. The van der Waals surface area contributed by atoms with E-state index in [1.54, 1.807) is 4.90 Å². The molecule has 0 saturated carbocycles. The summed E-state index contributed by atoms with van der Waals surface area (Å²) >= 11 is 0. The molecule has 132 valence electrons. The highest BCUT2D eigenvalue weighted by Crippen LogP contribution is 2.14. The number of benzene rings is 1. The molecule has 0 aromatic heterocycles. The number of amides is 3. The van der Waals surface area contributed by atoms with E-state index >= 15 is 0 Å². The van der Waals surface area contributed by atoms with Gasteiger partial charge in [0.2, 0.25) is 5.91 Å². The van der Waals surface area contributed by atoms with E-state index in [1.165, 1.54) is 0 Å². The second-order valence-corrected chi connectivity index (χ2v) is 6.09. The molecule has 0 radical (unpaired) electrons. The standard InChI is InChI=1S/C18H28N4O2/c1-3-21(4-2)11-10-19-18(24)20-16-12-17(23)22(14-16)13-15-8-6-5-7-9-15/h5-9,16H,3-4,10-14H2,1-2H3,(H2,19,20,24). The Bertz CT molecular complexity index is 531. The summed E-state index contributed by atoms with van der Waals surface area (Å²) in [6.07, 6.45) is 0.371. The van der Waals surface area contributed by atoms with E-state index in [2.05, 4.69) is 29.4 Å². The number of likely N-dealkylation sites (N-methyl/N-ethyl adjacent to an activating group) is 1.